The second-order valence-corrected chi connectivity index (χ2v) is 16.6. The highest BCUT2D eigenvalue weighted by atomic mass is 32.2. The van der Waals surface area contributed by atoms with Crippen molar-refractivity contribution in [2.24, 2.45) is 11.8 Å². The van der Waals surface area contributed by atoms with E-state index < -0.39 is 69.0 Å². The van der Waals surface area contributed by atoms with Crippen molar-refractivity contribution in [1.29, 1.82) is 0 Å². The van der Waals surface area contributed by atoms with Crippen LogP contribution in [0.2, 0.25) is 0 Å². The molecule has 16 heteroatoms. The van der Waals surface area contributed by atoms with Crippen molar-refractivity contribution < 1.29 is 46.0 Å². The summed E-state index contributed by atoms with van der Waals surface area (Å²) in [6.07, 6.45) is 3.40. The lowest BCUT2D eigenvalue weighted by atomic mass is 10.1. The summed E-state index contributed by atoms with van der Waals surface area (Å²) in [6, 6.07) is 5.18. The van der Waals surface area contributed by atoms with Gasteiger partial charge >= 0.3 is 16.4 Å². The average molecular weight is 730 g/mol. The highest BCUT2D eigenvalue weighted by Crippen LogP contribution is 2.47. The standard InChI is InChI=1S/C35H47N5O10S/c1-7-22-18-35(22,31(43)39-51(45,46)50-34(5)13-14-34)38-28(41)26-17-24(48-29-25-11-10-23(47-6)16-21(25)12-15-36-29)19-40(26)30(42)27(20-8-9-20)37-32(44)49-33(2,3)4/h10-12,15-16,20,22,24,26-27H,7-9,13-14,17-19H2,1-6H3,(H,37,44)(H,38,41)(H,39,43)/t22-,24-,26+,27+,35-/m1/s1. The Kier molecular flexibility index (Phi) is 9.63. The van der Waals surface area contributed by atoms with Crippen molar-refractivity contribution in [3.8, 4) is 11.6 Å². The number of methoxy groups -OCH3 is 1. The molecule has 4 aliphatic rings. The van der Waals surface area contributed by atoms with E-state index in [4.69, 9.17) is 18.4 Å². The molecule has 0 unspecified atom stereocenters. The first kappa shape index (κ1) is 36.6. The summed E-state index contributed by atoms with van der Waals surface area (Å²) in [5.74, 6) is -1.55. The van der Waals surface area contributed by atoms with E-state index in [1.165, 1.54) is 4.90 Å². The van der Waals surface area contributed by atoms with Crippen molar-refractivity contribution in [3.05, 3.63) is 30.5 Å². The summed E-state index contributed by atoms with van der Waals surface area (Å²) in [6.45, 7) is 8.63. The van der Waals surface area contributed by atoms with E-state index in [0.29, 0.717) is 49.1 Å². The monoisotopic (exact) mass is 729 g/mol. The molecule has 5 atom stereocenters. The summed E-state index contributed by atoms with van der Waals surface area (Å²) >= 11 is 0. The number of likely N-dealkylation sites (tertiary alicyclic amines) is 1. The smallest absolute Gasteiger partial charge is 0.408 e. The highest BCUT2D eigenvalue weighted by Gasteiger charge is 2.62. The zero-order valence-electron chi connectivity index (χ0n) is 29.8. The van der Waals surface area contributed by atoms with Crippen LogP contribution in [-0.2, 0) is 33.6 Å². The summed E-state index contributed by atoms with van der Waals surface area (Å²) in [7, 11) is -2.87. The Morgan fingerprint density at radius 3 is 2.45 bits per heavy atom. The molecule has 278 valence electrons. The maximum absolute atomic E-state index is 14.3. The third-order valence-electron chi connectivity index (χ3n) is 9.93. The first-order valence-corrected chi connectivity index (χ1v) is 18.8. The van der Waals surface area contributed by atoms with E-state index in [1.807, 2.05) is 29.8 Å². The Bertz CT molecular complexity index is 1820. The topological polar surface area (TPSA) is 192 Å². The minimum absolute atomic E-state index is 0.0123. The minimum Gasteiger partial charge on any atom is -0.497 e. The van der Waals surface area contributed by atoms with Gasteiger partial charge in [-0.05, 0) is 101 Å². The largest absolute Gasteiger partial charge is 0.497 e. The van der Waals surface area contributed by atoms with Gasteiger partial charge in [-0.2, -0.15) is 8.42 Å². The molecule has 51 heavy (non-hydrogen) atoms. The molecule has 3 saturated carbocycles. The maximum Gasteiger partial charge on any atom is 0.408 e. The number of fused-ring (bicyclic) bond motifs is 1. The lowest BCUT2D eigenvalue weighted by Gasteiger charge is -2.30. The molecule has 15 nitrogen and oxygen atoms in total. The number of alkyl carbamates (subject to hydrolysis) is 1. The van der Waals surface area contributed by atoms with Gasteiger partial charge in [0.1, 0.15) is 35.1 Å². The normalized spacial score (nSPS) is 25.8. The van der Waals surface area contributed by atoms with Crippen molar-refractivity contribution in [1.82, 2.24) is 25.2 Å². The molecule has 0 spiro atoms. The van der Waals surface area contributed by atoms with Gasteiger partial charge in [-0.25, -0.2) is 18.7 Å². The second kappa shape index (κ2) is 13.4. The van der Waals surface area contributed by atoms with E-state index in [1.54, 1.807) is 47.1 Å². The number of hydrogen-bond donors (Lipinski definition) is 3. The summed E-state index contributed by atoms with van der Waals surface area (Å²) in [4.78, 5) is 60.7. The molecule has 4 amide bonds. The first-order valence-electron chi connectivity index (χ1n) is 17.4. The molecule has 4 fully saturated rings. The fourth-order valence-electron chi connectivity index (χ4n) is 6.67. The fourth-order valence-corrected chi connectivity index (χ4v) is 7.82. The Morgan fingerprint density at radius 2 is 1.84 bits per heavy atom. The zero-order chi connectivity index (χ0) is 36.9. The molecule has 1 saturated heterocycles. The Morgan fingerprint density at radius 1 is 1.12 bits per heavy atom. The quantitative estimate of drug-likeness (QED) is 0.275. The Balaban J connectivity index is 1.25. The van der Waals surface area contributed by atoms with E-state index in [-0.39, 0.29) is 31.2 Å². The average Bonchev–Trinajstić information content (AvgIpc) is 4.00. The van der Waals surface area contributed by atoms with E-state index in [0.717, 1.165) is 5.39 Å². The van der Waals surface area contributed by atoms with Crippen molar-refractivity contribution in [3.63, 3.8) is 0 Å². The van der Waals surface area contributed by atoms with Crippen LogP contribution in [0.3, 0.4) is 0 Å². The number of rotatable bonds is 13. The number of aromatic nitrogens is 1. The van der Waals surface area contributed by atoms with Gasteiger partial charge in [-0.3, -0.25) is 14.4 Å². The van der Waals surface area contributed by atoms with Crippen molar-refractivity contribution in [2.75, 3.05) is 13.7 Å². The van der Waals surface area contributed by atoms with Gasteiger partial charge < -0.3 is 29.7 Å². The predicted octanol–water partition coefficient (Wildman–Crippen LogP) is 3.11. The predicted molar refractivity (Wildman–Crippen MR) is 184 cm³/mol. The number of hydrogen-bond acceptors (Lipinski definition) is 11. The van der Waals surface area contributed by atoms with Gasteiger partial charge in [-0.15, -0.1) is 0 Å². The number of benzene rings is 1. The van der Waals surface area contributed by atoms with Crippen LogP contribution in [0.1, 0.15) is 79.6 Å². The van der Waals surface area contributed by atoms with E-state index in [2.05, 4.69) is 15.6 Å². The van der Waals surface area contributed by atoms with Gasteiger partial charge in [0.25, 0.3) is 5.91 Å². The fraction of sp³-hybridized carbons (Fsp3) is 0.629. The van der Waals surface area contributed by atoms with Gasteiger partial charge in [0.2, 0.25) is 17.7 Å². The molecule has 3 N–H and O–H groups in total. The number of amides is 4. The molecule has 3 aliphatic carbocycles. The summed E-state index contributed by atoms with van der Waals surface area (Å²) in [5, 5.41) is 7.06. The van der Waals surface area contributed by atoms with Crippen molar-refractivity contribution >= 4 is 44.9 Å². The van der Waals surface area contributed by atoms with Gasteiger partial charge in [0, 0.05) is 18.0 Å². The third kappa shape index (κ3) is 8.32. The number of pyridine rings is 1. The summed E-state index contributed by atoms with van der Waals surface area (Å²) < 4.78 is 49.8. The molecular weight excluding hydrogens is 682 g/mol. The molecule has 1 aromatic heterocycles. The highest BCUT2D eigenvalue weighted by molar-refractivity contribution is 7.85. The van der Waals surface area contributed by atoms with Gasteiger partial charge in [0.15, 0.2) is 0 Å². The number of nitrogens with one attached hydrogen (secondary N) is 3. The lowest BCUT2D eigenvalue weighted by molar-refractivity contribution is -0.141. The molecule has 6 rings (SSSR count). The molecule has 2 aromatic rings. The first-order chi connectivity index (χ1) is 23.9. The van der Waals surface area contributed by atoms with Crippen LogP contribution >= 0.6 is 0 Å². The van der Waals surface area contributed by atoms with Gasteiger partial charge in [-0.1, -0.05) is 13.3 Å². The molecule has 0 bridgehead atoms. The molecule has 1 aromatic carbocycles. The van der Waals surface area contributed by atoms with Crippen LogP contribution in [0.15, 0.2) is 30.5 Å². The Hall–Kier alpha value is -4.18. The SMILES string of the molecule is CC[C@@H]1C[C@]1(NC(=O)[C@@H]1C[C@@H](Oc2nccc3cc(OC)ccc23)CN1C(=O)[C@@H](NC(=O)OC(C)(C)C)C1CC1)C(=O)NS(=O)(=O)OC1(C)CC1. The number of carbonyl (C=O) groups is 4. The second-order valence-electron chi connectivity index (χ2n) is 15.3. The molecular formula is C35H47N5O10S. The number of nitrogens with zero attached hydrogens (tertiary/aromatic N) is 2. The van der Waals surface area contributed by atoms with Gasteiger partial charge in [0.05, 0.1) is 19.3 Å². The molecule has 0 radical (unpaired) electrons. The minimum atomic E-state index is -4.44. The zero-order valence-corrected chi connectivity index (χ0v) is 30.6. The third-order valence-corrected chi connectivity index (χ3v) is 11.0. The van der Waals surface area contributed by atoms with Crippen molar-refractivity contribution in [2.45, 2.75) is 114 Å². The van der Waals surface area contributed by atoms with Crippen LogP contribution in [-0.4, -0.2) is 90.7 Å². The van der Waals surface area contributed by atoms with Crippen LogP contribution in [0.5, 0.6) is 11.6 Å². The molecule has 2 heterocycles. The number of ether oxygens (including phenoxy) is 3. The van der Waals surface area contributed by atoms with Crippen LogP contribution in [0, 0.1) is 11.8 Å². The van der Waals surface area contributed by atoms with E-state index in [9.17, 15) is 27.6 Å². The lowest BCUT2D eigenvalue weighted by Crippen LogP contribution is -2.58. The maximum atomic E-state index is 14.3. The van der Waals surface area contributed by atoms with E-state index >= 15 is 0 Å². The number of carbonyl (C=O) groups excluding carboxylic acids is 4. The van der Waals surface area contributed by atoms with Crippen LogP contribution in [0.4, 0.5) is 4.79 Å². The Labute approximate surface area is 297 Å². The van der Waals surface area contributed by atoms with Crippen LogP contribution in [0.25, 0.3) is 10.8 Å². The van der Waals surface area contributed by atoms with Crippen LogP contribution < -0.4 is 24.8 Å². The summed E-state index contributed by atoms with van der Waals surface area (Å²) in [5.41, 5.74) is -3.16. The molecule has 1 aliphatic heterocycles.